The van der Waals surface area contributed by atoms with Crippen molar-refractivity contribution in [3.05, 3.63) is 28.8 Å². The van der Waals surface area contributed by atoms with Crippen molar-refractivity contribution in [2.75, 3.05) is 6.54 Å². The van der Waals surface area contributed by atoms with Gasteiger partial charge in [-0.1, -0.05) is 24.4 Å². The quantitative estimate of drug-likeness (QED) is 0.901. The minimum absolute atomic E-state index is 0.0263. The summed E-state index contributed by atoms with van der Waals surface area (Å²) in [5, 5.41) is 19.6. The van der Waals surface area contributed by atoms with Gasteiger partial charge in [0.1, 0.15) is 5.75 Å². The van der Waals surface area contributed by atoms with Crippen LogP contribution >= 0.6 is 11.6 Å². The molecule has 0 spiro atoms. The lowest BCUT2D eigenvalue weighted by Gasteiger charge is -2.31. The van der Waals surface area contributed by atoms with Crippen molar-refractivity contribution in [3.63, 3.8) is 0 Å². The molecule has 1 amide bonds. The molecule has 2 atom stereocenters. The van der Waals surface area contributed by atoms with E-state index in [0.29, 0.717) is 23.6 Å². The second-order valence-electron chi connectivity index (χ2n) is 5.75. The van der Waals surface area contributed by atoms with E-state index in [1.807, 2.05) is 0 Å². The number of carbonyl (C=O) groups excluding carboxylic acids is 1. The number of halogens is 1. The maximum atomic E-state index is 12.8. The molecule has 1 fully saturated rings. The SMILES string of the molecule is CC(O)CC1CCCCCN1C(=O)c1cc(O)ccc1Cl. The first-order valence-corrected chi connectivity index (χ1v) is 7.84. The number of likely N-dealkylation sites (tertiary alicyclic amines) is 1. The van der Waals surface area contributed by atoms with Gasteiger partial charge in [0.15, 0.2) is 0 Å². The molecule has 21 heavy (non-hydrogen) atoms. The maximum Gasteiger partial charge on any atom is 0.255 e. The number of phenols is 1. The topological polar surface area (TPSA) is 60.8 Å². The van der Waals surface area contributed by atoms with Gasteiger partial charge in [0.05, 0.1) is 16.7 Å². The van der Waals surface area contributed by atoms with Crippen molar-refractivity contribution in [2.24, 2.45) is 0 Å². The Morgan fingerprint density at radius 1 is 1.43 bits per heavy atom. The van der Waals surface area contributed by atoms with Gasteiger partial charge < -0.3 is 15.1 Å². The summed E-state index contributed by atoms with van der Waals surface area (Å²) in [6, 6.07) is 4.44. The standard InChI is InChI=1S/C16H22ClNO3/c1-11(19)9-12-5-3-2-4-8-18(12)16(21)14-10-13(20)6-7-15(14)17/h6-7,10-12,19-20H,2-5,8-9H2,1H3. The summed E-state index contributed by atoms with van der Waals surface area (Å²) in [6.07, 6.45) is 4.14. The van der Waals surface area contributed by atoms with Crippen LogP contribution in [0.25, 0.3) is 0 Å². The molecule has 1 aliphatic heterocycles. The average Bonchev–Trinajstić information content (AvgIpc) is 2.65. The third-order valence-electron chi connectivity index (χ3n) is 3.93. The Morgan fingerprint density at radius 2 is 2.19 bits per heavy atom. The molecule has 2 unspecified atom stereocenters. The fraction of sp³-hybridized carbons (Fsp3) is 0.562. The number of aliphatic hydroxyl groups is 1. The highest BCUT2D eigenvalue weighted by molar-refractivity contribution is 6.33. The van der Waals surface area contributed by atoms with Crippen LogP contribution in [-0.2, 0) is 0 Å². The normalized spacial score (nSPS) is 20.9. The van der Waals surface area contributed by atoms with Crippen LogP contribution in [0.5, 0.6) is 5.75 Å². The fourth-order valence-corrected chi connectivity index (χ4v) is 3.11. The molecule has 1 aliphatic rings. The molecule has 116 valence electrons. The van der Waals surface area contributed by atoms with E-state index in [2.05, 4.69) is 0 Å². The van der Waals surface area contributed by atoms with Gasteiger partial charge in [-0.3, -0.25) is 4.79 Å². The van der Waals surface area contributed by atoms with Crippen LogP contribution in [0.4, 0.5) is 0 Å². The molecule has 0 aliphatic carbocycles. The molecule has 0 saturated carbocycles. The molecule has 0 aromatic heterocycles. The monoisotopic (exact) mass is 311 g/mol. The zero-order chi connectivity index (χ0) is 15.4. The number of phenolic OH excluding ortho intramolecular Hbond substituents is 1. The van der Waals surface area contributed by atoms with Crippen LogP contribution in [0, 0.1) is 0 Å². The van der Waals surface area contributed by atoms with Crippen LogP contribution in [0.3, 0.4) is 0 Å². The Bertz CT molecular complexity index is 504. The van der Waals surface area contributed by atoms with Crippen LogP contribution in [-0.4, -0.2) is 39.7 Å². The summed E-state index contributed by atoms with van der Waals surface area (Å²) in [4.78, 5) is 14.6. The van der Waals surface area contributed by atoms with Gasteiger partial charge in [-0.2, -0.15) is 0 Å². The zero-order valence-electron chi connectivity index (χ0n) is 12.3. The molecule has 0 bridgehead atoms. The number of aliphatic hydroxyl groups excluding tert-OH is 1. The number of carbonyl (C=O) groups is 1. The second kappa shape index (κ2) is 7.14. The van der Waals surface area contributed by atoms with Gasteiger partial charge in [0.2, 0.25) is 0 Å². The van der Waals surface area contributed by atoms with E-state index in [4.69, 9.17) is 11.6 Å². The number of benzene rings is 1. The summed E-state index contributed by atoms with van der Waals surface area (Å²) in [6.45, 7) is 2.41. The lowest BCUT2D eigenvalue weighted by molar-refractivity contribution is 0.0607. The smallest absolute Gasteiger partial charge is 0.255 e. The van der Waals surface area contributed by atoms with E-state index < -0.39 is 6.10 Å². The molecule has 0 radical (unpaired) electrons. The summed E-state index contributed by atoms with van der Waals surface area (Å²) in [7, 11) is 0. The first-order valence-electron chi connectivity index (χ1n) is 7.46. The largest absolute Gasteiger partial charge is 0.508 e. The Balaban J connectivity index is 2.26. The van der Waals surface area contributed by atoms with Crippen LogP contribution < -0.4 is 0 Å². The summed E-state index contributed by atoms with van der Waals surface area (Å²) >= 11 is 6.10. The molecular weight excluding hydrogens is 290 g/mol. The molecule has 1 aromatic rings. The lowest BCUT2D eigenvalue weighted by atomic mass is 10.0. The predicted octanol–water partition coefficient (Wildman–Crippen LogP) is 3.20. The number of amides is 1. The molecule has 1 saturated heterocycles. The summed E-state index contributed by atoms with van der Waals surface area (Å²) < 4.78 is 0. The number of nitrogens with zero attached hydrogens (tertiary/aromatic N) is 1. The summed E-state index contributed by atoms with van der Waals surface area (Å²) in [5.74, 6) is -0.131. The molecule has 2 N–H and O–H groups in total. The second-order valence-corrected chi connectivity index (χ2v) is 6.16. The van der Waals surface area contributed by atoms with Crippen molar-refractivity contribution in [3.8, 4) is 5.75 Å². The highest BCUT2D eigenvalue weighted by Gasteiger charge is 2.28. The Labute approximate surface area is 130 Å². The number of aromatic hydroxyl groups is 1. The molecule has 1 aromatic carbocycles. The Hall–Kier alpha value is -1.26. The number of hydrogen-bond acceptors (Lipinski definition) is 3. The van der Waals surface area contributed by atoms with Crippen molar-refractivity contribution >= 4 is 17.5 Å². The van der Waals surface area contributed by atoms with Gasteiger partial charge in [-0.05, 0) is 44.4 Å². The van der Waals surface area contributed by atoms with E-state index >= 15 is 0 Å². The fourth-order valence-electron chi connectivity index (χ4n) is 2.92. The molecule has 1 heterocycles. The van der Waals surface area contributed by atoms with Gasteiger partial charge in [-0.25, -0.2) is 0 Å². The Morgan fingerprint density at radius 3 is 2.90 bits per heavy atom. The Kier molecular flexibility index (Phi) is 5.48. The number of rotatable bonds is 3. The first kappa shape index (κ1) is 16.1. The maximum absolute atomic E-state index is 12.8. The van der Waals surface area contributed by atoms with Crippen LogP contribution in [0.15, 0.2) is 18.2 Å². The average molecular weight is 312 g/mol. The van der Waals surface area contributed by atoms with Crippen molar-refractivity contribution in [1.82, 2.24) is 4.90 Å². The van der Waals surface area contributed by atoms with Crippen LogP contribution in [0.2, 0.25) is 5.02 Å². The van der Waals surface area contributed by atoms with Crippen LogP contribution in [0.1, 0.15) is 49.4 Å². The van der Waals surface area contributed by atoms with E-state index in [-0.39, 0.29) is 17.7 Å². The minimum atomic E-state index is -0.442. The van der Waals surface area contributed by atoms with Crippen molar-refractivity contribution in [2.45, 2.75) is 51.2 Å². The van der Waals surface area contributed by atoms with Crippen molar-refractivity contribution in [1.29, 1.82) is 0 Å². The minimum Gasteiger partial charge on any atom is -0.508 e. The van der Waals surface area contributed by atoms with Gasteiger partial charge in [0, 0.05) is 12.6 Å². The first-order chi connectivity index (χ1) is 9.99. The van der Waals surface area contributed by atoms with E-state index in [1.54, 1.807) is 11.8 Å². The van der Waals surface area contributed by atoms with Crippen molar-refractivity contribution < 1.29 is 15.0 Å². The molecule has 2 rings (SSSR count). The van der Waals surface area contributed by atoms with E-state index in [9.17, 15) is 15.0 Å². The highest BCUT2D eigenvalue weighted by atomic mass is 35.5. The lowest BCUT2D eigenvalue weighted by Crippen LogP contribution is -2.41. The predicted molar refractivity (Wildman–Crippen MR) is 82.7 cm³/mol. The third-order valence-corrected chi connectivity index (χ3v) is 4.26. The zero-order valence-corrected chi connectivity index (χ0v) is 13.0. The van der Waals surface area contributed by atoms with E-state index in [0.717, 1.165) is 25.7 Å². The molecule has 4 nitrogen and oxygen atoms in total. The molecule has 5 heteroatoms. The summed E-state index contributed by atoms with van der Waals surface area (Å²) in [5.41, 5.74) is 0.328. The van der Waals surface area contributed by atoms with Gasteiger partial charge in [-0.15, -0.1) is 0 Å². The van der Waals surface area contributed by atoms with E-state index in [1.165, 1.54) is 18.2 Å². The van der Waals surface area contributed by atoms with Gasteiger partial charge >= 0.3 is 0 Å². The third kappa shape index (κ3) is 4.11. The molecular formula is C16H22ClNO3. The number of hydrogen-bond donors (Lipinski definition) is 2. The highest BCUT2D eigenvalue weighted by Crippen LogP contribution is 2.27. The van der Waals surface area contributed by atoms with Gasteiger partial charge in [0.25, 0.3) is 5.91 Å².